The number of ether oxygens (including phenoxy) is 4. The van der Waals surface area contributed by atoms with Crippen molar-refractivity contribution < 1.29 is 79.8 Å². The number of hydrogen-bond acceptors (Lipinski definition) is 21. The first-order chi connectivity index (χ1) is 49.8. The van der Waals surface area contributed by atoms with Gasteiger partial charge in [0.1, 0.15) is 66.4 Å². The van der Waals surface area contributed by atoms with E-state index in [1.54, 1.807) is 12.1 Å². The molecule has 0 aliphatic carbocycles. The number of H-pyrrole nitrogens is 2. The molecule has 3 radical (unpaired) electrons. The monoisotopic (exact) mass is 1590 g/mol. The molecule has 3 aliphatic rings. The molecule has 0 spiro atoms. The van der Waals surface area contributed by atoms with Crippen molar-refractivity contribution in [2.24, 2.45) is 5.73 Å². The number of tetrazole rings is 2. The lowest BCUT2D eigenvalue weighted by Gasteiger charge is -2.24. The van der Waals surface area contributed by atoms with E-state index in [1.807, 2.05) is 0 Å². The highest BCUT2D eigenvalue weighted by atomic mass is 79.9. The first kappa shape index (κ1) is 85.4. The van der Waals surface area contributed by atoms with Crippen LogP contribution in [0.15, 0.2) is 109 Å². The molecule has 0 saturated carbocycles. The summed E-state index contributed by atoms with van der Waals surface area (Å²) in [6.45, 7) is 4.64. The van der Waals surface area contributed by atoms with Gasteiger partial charge in [-0.15, -0.1) is 37.4 Å². The maximum atomic E-state index is 14.5. The summed E-state index contributed by atoms with van der Waals surface area (Å²) in [5, 5.41) is 43.2. The number of alkyl halides is 2. The van der Waals surface area contributed by atoms with Crippen LogP contribution >= 0.6 is 40.2 Å². The number of likely N-dealkylation sites (tertiary alicyclic amines) is 2. The number of aromatic amines is 2. The number of halogens is 7. The molecule has 1 unspecified atom stereocenters. The predicted octanol–water partition coefficient (Wildman–Crippen LogP) is 9.43. The maximum Gasteiger partial charge on any atom is 0.519 e. The summed E-state index contributed by atoms with van der Waals surface area (Å²) in [6.07, 6.45) is 3.15. The van der Waals surface area contributed by atoms with Gasteiger partial charge in [0.05, 0.1) is 45.2 Å². The Morgan fingerprint density at radius 1 is 0.682 bits per heavy atom. The number of ketones is 2. The quantitative estimate of drug-likeness (QED) is 0.00616. The smallest absolute Gasteiger partial charge is 0.426 e. The summed E-state index contributed by atoms with van der Waals surface area (Å²) in [5.41, 5.74) is 6.65. The number of aromatic nitrogens is 10. The molecule has 3 saturated heterocycles. The van der Waals surface area contributed by atoms with Crippen molar-refractivity contribution in [3.05, 3.63) is 175 Å². The zero-order valence-corrected chi connectivity index (χ0v) is 60.3. The van der Waals surface area contributed by atoms with Gasteiger partial charge >= 0.3 is 12.1 Å². The Kier molecular flexibility index (Phi) is 32.1. The lowest BCUT2D eigenvalue weighted by atomic mass is 10.1. The summed E-state index contributed by atoms with van der Waals surface area (Å²) in [4.78, 5) is 115. The lowest BCUT2D eigenvalue weighted by molar-refractivity contribution is -0.384. The van der Waals surface area contributed by atoms with Crippen molar-refractivity contribution in [1.82, 2.24) is 70.8 Å². The van der Waals surface area contributed by atoms with E-state index in [4.69, 9.17) is 47.9 Å². The Bertz CT molecular complexity index is 4580. The largest absolute Gasteiger partial charge is 0.519 e. The normalized spacial score (nSPS) is 16.2. The van der Waals surface area contributed by atoms with Gasteiger partial charge in [-0.2, -0.15) is 10.4 Å². The van der Waals surface area contributed by atoms with Crippen molar-refractivity contribution in [2.45, 2.75) is 136 Å². The zero-order chi connectivity index (χ0) is 74.7. The van der Waals surface area contributed by atoms with Gasteiger partial charge in [0, 0.05) is 130 Å². The van der Waals surface area contributed by atoms with Crippen LogP contribution in [-0.4, -0.2) is 178 Å². The first-order valence-corrected chi connectivity index (χ1v) is 33.3. The Hall–Kier alpha value is -10.6. The molecule has 38 heteroatoms. The highest BCUT2D eigenvalue weighted by Crippen LogP contribution is 2.32. The number of nitrogens with zero attached hydrogens (tertiary/aromatic N) is 11. The van der Waals surface area contributed by atoms with E-state index < -0.39 is 76.7 Å². The fourth-order valence-electron chi connectivity index (χ4n) is 11.4. The van der Waals surface area contributed by atoms with Crippen molar-refractivity contribution in [3.8, 4) is 17.2 Å². The third-order valence-corrected chi connectivity index (χ3v) is 17.1. The second kappa shape index (κ2) is 40.2. The number of hydrogen-bond donors (Lipinski definition) is 5. The van der Waals surface area contributed by atoms with Crippen LogP contribution in [0.3, 0.4) is 0 Å². The van der Waals surface area contributed by atoms with E-state index >= 15 is 0 Å². The number of rotatable bonds is 22. The Balaban J connectivity index is 0.000000275. The summed E-state index contributed by atoms with van der Waals surface area (Å²) >= 11 is 11.6. The van der Waals surface area contributed by atoms with Gasteiger partial charge in [0.15, 0.2) is 23.2 Å². The van der Waals surface area contributed by atoms with E-state index in [-0.39, 0.29) is 153 Å². The number of nitrogens with one attached hydrogen (secondary N) is 4. The molecule has 107 heavy (non-hydrogen) atoms. The van der Waals surface area contributed by atoms with Gasteiger partial charge < -0.3 is 54.2 Å². The number of Topliss-reactive ketones (excluding diaryl/α,β-unsaturated/α-hetero) is 2. The lowest BCUT2D eigenvalue weighted by Crippen LogP contribution is -2.46. The number of esters is 1. The van der Waals surface area contributed by atoms with E-state index in [0.29, 0.717) is 70.9 Å². The summed E-state index contributed by atoms with van der Waals surface area (Å²) in [7, 11) is 0. The van der Waals surface area contributed by atoms with Crippen LogP contribution in [0.5, 0.6) is 17.2 Å². The minimum atomic E-state index is -1.47. The second-order valence-electron chi connectivity index (χ2n) is 24.0. The molecule has 3 aliphatic heterocycles. The van der Waals surface area contributed by atoms with Gasteiger partial charge in [0.2, 0.25) is 23.6 Å². The Labute approximate surface area is 631 Å². The molecule has 7 heterocycles. The van der Waals surface area contributed by atoms with Crippen LogP contribution < -0.4 is 30.6 Å². The minimum absolute atomic E-state index is 0. The zero-order valence-electron chi connectivity index (χ0n) is 57.1. The number of non-ortho nitro benzene ring substituents is 1. The molecule has 30 nitrogen and oxygen atoms in total. The van der Waals surface area contributed by atoms with Crippen molar-refractivity contribution in [1.29, 1.82) is 0 Å². The number of nitro benzene ring substituents is 1. The van der Waals surface area contributed by atoms with Crippen molar-refractivity contribution in [2.75, 3.05) is 26.2 Å². The number of benzene rings is 5. The first-order valence-electron chi connectivity index (χ1n) is 32.5. The number of carbonyl (C=O) groups excluding carboxylic acids is 8. The summed E-state index contributed by atoms with van der Waals surface area (Å²) in [5.74, 6) is -3.55. The molecule has 12 rings (SSSR count). The van der Waals surface area contributed by atoms with E-state index in [1.165, 1.54) is 121 Å². The van der Waals surface area contributed by atoms with Gasteiger partial charge in [-0.05, 0) is 95.1 Å². The average Bonchev–Trinajstić information content (AvgIpc) is 1.64. The van der Waals surface area contributed by atoms with Crippen LogP contribution in [0.4, 0.5) is 28.0 Å². The van der Waals surface area contributed by atoms with Crippen LogP contribution in [0.1, 0.15) is 110 Å². The molecular weight excluding hydrogens is 1510 g/mol. The van der Waals surface area contributed by atoms with Crippen molar-refractivity contribution in [3.63, 3.8) is 0 Å². The standard InChI is InChI=1S/C31H25ClF2N4O8.C29H28ClF2N7O5.C5H10O.C3H7N5.CH4.B.BrH/c1-17(39)24-15-36(26-12-22(9-10-23(24)26)46-31(42)45-21-7-5-20(6-8-21)38(43)44)16-28(40)37-14-19(33)11-27(37)30(41)35-13-18-3-2-4-25(32)29(18)34;1-16(40)21-14-38(23-11-19(8-9-20(21)23)44-27(42)7-3-6-25-34-36-37-35-25)15-26(41)39-13-18(31)10-24(39)29(43)33-12-17-4-2-5-22(30)28(17)32;1-5-3-2-4-6-5;4-2-1-3-5-7-8-6-3;;;/h2-10,12,15,19,27H,11,13-14,16H2,1H3,(H,35,41);2,4-5,8-9,11,14,18,24H,3,6-7,10,12-13,15H2,1H3,(H,33,43)(H,34,35,36,37);5H,2-4H2,1H3;1-2,4H2,(H,5,6,7,8);1H4;;1H/t19-,27+;18-,24+;;;;;/m11...../s1. The number of fused-ring (bicyclic) bond motifs is 2. The van der Waals surface area contributed by atoms with Crippen LogP contribution in [0.25, 0.3) is 21.8 Å². The third-order valence-electron chi connectivity index (χ3n) is 16.6. The van der Waals surface area contributed by atoms with Crippen LogP contribution in [-0.2, 0) is 67.7 Å². The predicted molar refractivity (Wildman–Crippen MR) is 387 cm³/mol. The number of carbonyl (C=O) groups is 8. The molecule has 3 fully saturated rings. The van der Waals surface area contributed by atoms with E-state index in [0.717, 1.165) is 28.5 Å². The average molecular weight is 1590 g/mol. The van der Waals surface area contributed by atoms with E-state index in [9.17, 15) is 66.0 Å². The number of aryl methyl sites for hydroxylation is 1. The molecule has 4 aromatic heterocycles. The van der Waals surface area contributed by atoms with Gasteiger partial charge in [-0.1, -0.05) is 65.3 Å². The molecule has 567 valence electrons. The number of nitrogens with two attached hydrogens (primary N) is 1. The fraction of sp³-hybridized carbons (Fsp3) is 0.362. The molecule has 5 aromatic carbocycles. The molecule has 0 bridgehead atoms. The minimum Gasteiger partial charge on any atom is -0.426 e. The van der Waals surface area contributed by atoms with Gasteiger partial charge in [-0.25, -0.2) is 22.4 Å². The van der Waals surface area contributed by atoms with Gasteiger partial charge in [-0.3, -0.25) is 43.7 Å². The summed E-state index contributed by atoms with van der Waals surface area (Å²) < 4.78 is 81.4. The topological polar surface area (TPSA) is 392 Å². The molecule has 4 amide bonds. The highest BCUT2D eigenvalue weighted by Gasteiger charge is 2.41. The SMILES string of the molecule is Br.C.CC(=O)c1cn(CC(=O)N2C[C@H](F)C[C@H]2C(=O)NCc2cccc(Cl)c2F)c2cc(OC(=O)CCCc3nn[nH]n3)ccc12.CC(=O)c1cn(CC(=O)N2C[C@H](F)C[C@H]2C(=O)NCc2cccc(Cl)c2F)c2cc(OC(=O)Oc3ccc([N+](=O)[O-])cc3)ccc12.CC1CCCO1.NCCc1nn[nH]n1.[B]. The number of nitro groups is 1. The van der Waals surface area contributed by atoms with Crippen molar-refractivity contribution >= 4 is 123 Å². The maximum absolute atomic E-state index is 14.5. The fourth-order valence-corrected chi connectivity index (χ4v) is 11.8. The third kappa shape index (κ3) is 23.2. The highest BCUT2D eigenvalue weighted by molar-refractivity contribution is 8.93. The molecular formula is C69H75BBrCl2F4N16O14. The number of amides is 4. The molecule has 9 aromatic rings. The Morgan fingerprint density at radius 3 is 1.55 bits per heavy atom. The Morgan fingerprint density at radius 2 is 1.14 bits per heavy atom. The van der Waals surface area contributed by atoms with Crippen LogP contribution in [0.2, 0.25) is 10.0 Å². The van der Waals surface area contributed by atoms with E-state index in [2.05, 4.69) is 58.8 Å². The molecule has 5 atom stereocenters. The molecule has 6 N–H and O–H groups in total. The van der Waals surface area contributed by atoms with Gasteiger partial charge in [0.25, 0.3) is 5.69 Å². The summed E-state index contributed by atoms with van der Waals surface area (Å²) in [6, 6.07) is 20.2. The second-order valence-corrected chi connectivity index (χ2v) is 24.8. The van der Waals surface area contributed by atoms with Crippen LogP contribution in [0, 0.1) is 21.7 Å².